The largest absolute Gasteiger partial charge is 0.497 e. The molecule has 1 aliphatic heterocycles. The number of hydrogen-bond donors (Lipinski definition) is 2. The third-order valence-corrected chi connectivity index (χ3v) is 5.29. The number of para-hydroxylation sites is 1. The number of hydrogen-bond acceptors (Lipinski definition) is 3. The van der Waals surface area contributed by atoms with Crippen molar-refractivity contribution < 1.29 is 14.3 Å². The number of H-pyrrole nitrogens is 1. The molecule has 144 valence electrons. The number of amides is 2. The van der Waals surface area contributed by atoms with Crippen LogP contribution in [0.2, 0.25) is 0 Å². The van der Waals surface area contributed by atoms with Crippen molar-refractivity contribution in [3.8, 4) is 5.75 Å². The van der Waals surface area contributed by atoms with E-state index in [0.717, 1.165) is 33.5 Å². The predicted octanol–water partition coefficient (Wildman–Crippen LogP) is 2.81. The van der Waals surface area contributed by atoms with Gasteiger partial charge in [-0.3, -0.25) is 14.5 Å². The molecule has 0 aliphatic carbocycles. The molecule has 0 spiro atoms. The second-order valence-electron chi connectivity index (χ2n) is 7.00. The van der Waals surface area contributed by atoms with Crippen LogP contribution in [0.4, 0.5) is 5.69 Å². The summed E-state index contributed by atoms with van der Waals surface area (Å²) in [6.45, 7) is 2.00. The Morgan fingerprint density at radius 2 is 2.07 bits per heavy atom. The SMILES string of the molecule is COc1ccc2[nH]cc(CCNC(=O)[C@H]3Cc4ccccc4N3C(C)=O)c2c1. The van der Waals surface area contributed by atoms with Gasteiger partial charge in [-0.25, -0.2) is 0 Å². The monoisotopic (exact) mass is 377 g/mol. The van der Waals surface area contributed by atoms with Crippen molar-refractivity contribution in [2.45, 2.75) is 25.8 Å². The lowest BCUT2D eigenvalue weighted by molar-refractivity contribution is -0.125. The first-order valence-electron chi connectivity index (χ1n) is 9.38. The van der Waals surface area contributed by atoms with Gasteiger partial charge in [-0.05, 0) is 41.8 Å². The van der Waals surface area contributed by atoms with Crippen molar-refractivity contribution in [1.29, 1.82) is 0 Å². The van der Waals surface area contributed by atoms with Crippen molar-refractivity contribution in [2.24, 2.45) is 0 Å². The molecule has 2 aromatic carbocycles. The summed E-state index contributed by atoms with van der Waals surface area (Å²) in [4.78, 5) is 29.8. The zero-order chi connectivity index (χ0) is 19.7. The van der Waals surface area contributed by atoms with E-state index < -0.39 is 6.04 Å². The van der Waals surface area contributed by atoms with Crippen LogP contribution in [0.3, 0.4) is 0 Å². The van der Waals surface area contributed by atoms with Crippen molar-refractivity contribution >= 4 is 28.4 Å². The van der Waals surface area contributed by atoms with Gasteiger partial charge in [0.15, 0.2) is 0 Å². The van der Waals surface area contributed by atoms with Crippen LogP contribution in [0.5, 0.6) is 5.75 Å². The number of aromatic amines is 1. The maximum atomic E-state index is 12.8. The van der Waals surface area contributed by atoms with E-state index in [4.69, 9.17) is 4.74 Å². The standard InChI is InChI=1S/C22H23N3O3/c1-14(26)25-20-6-4-3-5-15(20)11-21(25)22(27)23-10-9-16-13-24-19-8-7-17(28-2)12-18(16)19/h3-8,12-13,21,24H,9-11H2,1-2H3,(H,23,27)/t21-/m1/s1. The first kappa shape index (κ1) is 18.1. The number of nitrogens with one attached hydrogen (secondary N) is 2. The van der Waals surface area contributed by atoms with Gasteiger partial charge in [-0.1, -0.05) is 18.2 Å². The minimum absolute atomic E-state index is 0.117. The first-order chi connectivity index (χ1) is 13.6. The number of nitrogens with zero attached hydrogens (tertiary/aromatic N) is 1. The zero-order valence-electron chi connectivity index (χ0n) is 16.0. The highest BCUT2D eigenvalue weighted by molar-refractivity contribution is 6.02. The molecular weight excluding hydrogens is 354 g/mol. The molecule has 6 heteroatoms. The van der Waals surface area contributed by atoms with Gasteiger partial charge in [0.1, 0.15) is 11.8 Å². The summed E-state index contributed by atoms with van der Waals surface area (Å²) in [6, 6.07) is 13.1. The van der Waals surface area contributed by atoms with E-state index in [1.165, 1.54) is 6.92 Å². The van der Waals surface area contributed by atoms with Crippen molar-refractivity contribution in [1.82, 2.24) is 10.3 Å². The molecule has 0 saturated heterocycles. The second-order valence-corrected chi connectivity index (χ2v) is 7.00. The number of methoxy groups -OCH3 is 1. The van der Waals surface area contributed by atoms with Gasteiger partial charge in [0.25, 0.3) is 0 Å². The Balaban J connectivity index is 1.43. The highest BCUT2D eigenvalue weighted by Crippen LogP contribution is 2.32. The third kappa shape index (κ3) is 3.22. The highest BCUT2D eigenvalue weighted by atomic mass is 16.5. The number of rotatable bonds is 5. The van der Waals surface area contributed by atoms with Crippen LogP contribution in [-0.2, 0) is 22.4 Å². The molecule has 6 nitrogen and oxygen atoms in total. The summed E-state index contributed by atoms with van der Waals surface area (Å²) in [5.74, 6) is 0.566. The van der Waals surface area contributed by atoms with E-state index in [1.807, 2.05) is 48.7 Å². The van der Waals surface area contributed by atoms with E-state index in [9.17, 15) is 9.59 Å². The molecule has 1 aliphatic rings. The van der Waals surface area contributed by atoms with Gasteiger partial charge < -0.3 is 15.0 Å². The quantitative estimate of drug-likeness (QED) is 0.718. The molecule has 4 rings (SSSR count). The van der Waals surface area contributed by atoms with E-state index in [0.29, 0.717) is 19.4 Å². The summed E-state index contributed by atoms with van der Waals surface area (Å²) < 4.78 is 5.30. The van der Waals surface area contributed by atoms with Crippen LogP contribution in [0.25, 0.3) is 10.9 Å². The molecular formula is C22H23N3O3. The van der Waals surface area contributed by atoms with Crippen LogP contribution in [0.15, 0.2) is 48.7 Å². The first-order valence-corrected chi connectivity index (χ1v) is 9.38. The fraction of sp³-hybridized carbons (Fsp3) is 0.273. The summed E-state index contributed by atoms with van der Waals surface area (Å²) >= 11 is 0. The normalized spacial score (nSPS) is 15.5. The Morgan fingerprint density at radius 3 is 2.86 bits per heavy atom. The number of benzene rings is 2. The number of fused-ring (bicyclic) bond motifs is 2. The van der Waals surface area contributed by atoms with Gasteiger partial charge in [-0.2, -0.15) is 0 Å². The van der Waals surface area contributed by atoms with Gasteiger partial charge in [0.2, 0.25) is 11.8 Å². The summed E-state index contributed by atoms with van der Waals surface area (Å²) in [5, 5.41) is 4.09. The molecule has 2 heterocycles. The Hall–Kier alpha value is -3.28. The van der Waals surface area contributed by atoms with Crippen molar-refractivity contribution in [3.05, 3.63) is 59.8 Å². The number of anilines is 1. The van der Waals surface area contributed by atoms with Crippen LogP contribution < -0.4 is 15.0 Å². The van der Waals surface area contributed by atoms with Crippen LogP contribution in [-0.4, -0.2) is 36.5 Å². The lowest BCUT2D eigenvalue weighted by Crippen LogP contribution is -2.47. The summed E-state index contributed by atoms with van der Waals surface area (Å²) in [6.07, 6.45) is 3.20. The maximum absolute atomic E-state index is 12.8. The molecule has 0 radical (unpaired) electrons. The van der Waals surface area contributed by atoms with Gasteiger partial charge in [0.05, 0.1) is 7.11 Å². The van der Waals surface area contributed by atoms with Crippen LogP contribution in [0, 0.1) is 0 Å². The molecule has 2 N–H and O–H groups in total. The molecule has 2 amide bonds. The maximum Gasteiger partial charge on any atom is 0.243 e. The molecule has 0 bridgehead atoms. The molecule has 0 fully saturated rings. The Kier molecular flexibility index (Phi) is 4.77. The van der Waals surface area contributed by atoms with Crippen molar-refractivity contribution in [2.75, 3.05) is 18.6 Å². The predicted molar refractivity (Wildman–Crippen MR) is 109 cm³/mol. The minimum Gasteiger partial charge on any atom is -0.497 e. The fourth-order valence-corrected chi connectivity index (χ4v) is 3.91. The van der Waals surface area contributed by atoms with Gasteiger partial charge >= 0.3 is 0 Å². The Bertz CT molecular complexity index is 1040. The zero-order valence-corrected chi connectivity index (χ0v) is 16.0. The number of ether oxygens (including phenoxy) is 1. The topological polar surface area (TPSA) is 74.4 Å². The van der Waals surface area contributed by atoms with E-state index in [-0.39, 0.29) is 11.8 Å². The van der Waals surface area contributed by atoms with E-state index in [1.54, 1.807) is 12.0 Å². The Morgan fingerprint density at radius 1 is 1.25 bits per heavy atom. The van der Waals surface area contributed by atoms with Gasteiger partial charge in [0, 0.05) is 42.7 Å². The summed E-state index contributed by atoms with van der Waals surface area (Å²) in [5.41, 5.74) is 4.02. The molecule has 0 saturated carbocycles. The number of carbonyl (C=O) groups excluding carboxylic acids is 2. The molecule has 1 atom stereocenters. The molecule has 28 heavy (non-hydrogen) atoms. The third-order valence-electron chi connectivity index (χ3n) is 5.29. The van der Waals surface area contributed by atoms with E-state index in [2.05, 4.69) is 10.3 Å². The Labute approximate surface area is 163 Å². The van der Waals surface area contributed by atoms with Gasteiger partial charge in [-0.15, -0.1) is 0 Å². The lowest BCUT2D eigenvalue weighted by atomic mass is 10.1. The minimum atomic E-state index is -0.488. The number of aromatic nitrogens is 1. The van der Waals surface area contributed by atoms with Crippen molar-refractivity contribution in [3.63, 3.8) is 0 Å². The molecule has 0 unspecified atom stereocenters. The van der Waals surface area contributed by atoms with Crippen LogP contribution in [0.1, 0.15) is 18.1 Å². The average Bonchev–Trinajstić information content (AvgIpc) is 3.29. The lowest BCUT2D eigenvalue weighted by Gasteiger charge is -2.23. The van der Waals surface area contributed by atoms with E-state index >= 15 is 0 Å². The second kappa shape index (κ2) is 7.38. The average molecular weight is 377 g/mol. The molecule has 1 aromatic heterocycles. The summed E-state index contributed by atoms with van der Waals surface area (Å²) in [7, 11) is 1.65. The number of carbonyl (C=O) groups is 2. The molecule has 3 aromatic rings. The smallest absolute Gasteiger partial charge is 0.243 e. The van der Waals surface area contributed by atoms with Crippen LogP contribution >= 0.6 is 0 Å². The highest BCUT2D eigenvalue weighted by Gasteiger charge is 2.36. The fourth-order valence-electron chi connectivity index (χ4n) is 3.91.